The number of hydrogen-bond donors (Lipinski definition) is 3. The van der Waals surface area contributed by atoms with Crippen LogP contribution in [0.4, 0.5) is 4.79 Å². The lowest BCUT2D eigenvalue weighted by molar-refractivity contribution is -0.159. The van der Waals surface area contributed by atoms with E-state index in [2.05, 4.69) is 25.5 Å². The van der Waals surface area contributed by atoms with Crippen LogP contribution in [0.5, 0.6) is 0 Å². The van der Waals surface area contributed by atoms with Gasteiger partial charge in [0, 0.05) is 6.54 Å². The summed E-state index contributed by atoms with van der Waals surface area (Å²) in [5, 5.41) is 21.3. The van der Waals surface area contributed by atoms with Crippen molar-refractivity contribution in [2.24, 2.45) is 5.84 Å². The number of hydrogen-bond acceptors (Lipinski definition) is 10. The van der Waals surface area contributed by atoms with Crippen molar-refractivity contribution in [1.29, 1.82) is 0 Å². The second-order valence-electron chi connectivity index (χ2n) is 5.28. The summed E-state index contributed by atoms with van der Waals surface area (Å²) in [6, 6.07) is -1.28. The van der Waals surface area contributed by atoms with Crippen molar-refractivity contribution in [2.45, 2.75) is 31.7 Å². The lowest BCUT2D eigenvalue weighted by atomic mass is 10.1. The van der Waals surface area contributed by atoms with E-state index in [1.54, 1.807) is 0 Å². The molecule has 2 atom stereocenters. The van der Waals surface area contributed by atoms with E-state index in [0.717, 1.165) is 14.4 Å². The van der Waals surface area contributed by atoms with Crippen LogP contribution in [-0.4, -0.2) is 71.3 Å². The number of methoxy groups -OCH3 is 1. The minimum absolute atomic E-state index is 0.314. The summed E-state index contributed by atoms with van der Waals surface area (Å²) in [5.41, 5.74) is 0. The van der Waals surface area contributed by atoms with Gasteiger partial charge in [0.05, 0.1) is 7.11 Å². The number of carbonyl (C=O) groups excluding carboxylic acids is 2. The Morgan fingerprint density at radius 3 is 2.62 bits per heavy atom. The van der Waals surface area contributed by atoms with Crippen molar-refractivity contribution < 1.29 is 19.4 Å². The zero-order valence-corrected chi connectivity index (χ0v) is 14.2. The molecule has 0 saturated heterocycles. The molecule has 0 fully saturated rings. The molecule has 0 aromatic carbocycles. The van der Waals surface area contributed by atoms with E-state index in [1.807, 2.05) is 0 Å². The van der Waals surface area contributed by atoms with E-state index in [4.69, 9.17) is 10.6 Å². The van der Waals surface area contributed by atoms with E-state index in [1.165, 1.54) is 32.4 Å². The number of nitrogens with zero attached hydrogens (tertiary/aromatic N) is 7. The number of aliphatic hydroxyl groups is 1. The third kappa shape index (κ3) is 5.05. The molecular weight excluding hydrogens is 346 g/mol. The molecule has 0 radical (unpaired) electrons. The molecule has 1 amide bonds. The summed E-state index contributed by atoms with van der Waals surface area (Å²) in [5.74, 6) is 5.28. The van der Waals surface area contributed by atoms with Gasteiger partial charge in [-0.05, 0) is 19.3 Å². The van der Waals surface area contributed by atoms with Gasteiger partial charge in [0.15, 0.2) is 0 Å². The number of rotatable bonds is 9. The molecule has 0 saturated carbocycles. The number of aromatic nitrogens is 6. The number of hydrazine groups is 1. The second-order valence-corrected chi connectivity index (χ2v) is 5.28. The Labute approximate surface area is 148 Å². The third-order valence-electron chi connectivity index (χ3n) is 3.58. The van der Waals surface area contributed by atoms with Gasteiger partial charge in [0.1, 0.15) is 31.4 Å². The molecule has 26 heavy (non-hydrogen) atoms. The van der Waals surface area contributed by atoms with Crippen LogP contribution in [0.25, 0.3) is 0 Å². The Morgan fingerprint density at radius 2 is 2.00 bits per heavy atom. The normalized spacial score (nSPS) is 13.4. The SMILES string of the molecule is COC(=O)C(CCCCNC(=O)n1cncn1)N(N)[C@@H](O)n1cncn1. The number of nitrogens with two attached hydrogens (primary N) is 1. The van der Waals surface area contributed by atoms with Crippen LogP contribution in [0.3, 0.4) is 0 Å². The average molecular weight is 367 g/mol. The molecule has 0 spiro atoms. The van der Waals surface area contributed by atoms with Gasteiger partial charge >= 0.3 is 12.0 Å². The third-order valence-corrected chi connectivity index (χ3v) is 3.58. The first-order valence-electron chi connectivity index (χ1n) is 7.80. The number of aliphatic hydroxyl groups excluding tert-OH is 1. The molecule has 13 nitrogen and oxygen atoms in total. The molecule has 2 aromatic rings. The predicted molar refractivity (Wildman–Crippen MR) is 85.8 cm³/mol. The molecule has 1 unspecified atom stereocenters. The Kier molecular flexibility index (Phi) is 7.13. The van der Waals surface area contributed by atoms with Gasteiger partial charge in [-0.1, -0.05) is 0 Å². The number of unbranched alkanes of at least 4 members (excludes halogenated alkanes) is 1. The van der Waals surface area contributed by atoms with E-state index in [-0.39, 0.29) is 0 Å². The first-order valence-corrected chi connectivity index (χ1v) is 7.80. The van der Waals surface area contributed by atoms with Crippen LogP contribution < -0.4 is 11.2 Å². The van der Waals surface area contributed by atoms with Gasteiger partial charge in [0.2, 0.25) is 6.35 Å². The molecule has 13 heteroatoms. The summed E-state index contributed by atoms with van der Waals surface area (Å²) in [6.45, 7) is 0.378. The van der Waals surface area contributed by atoms with Crippen LogP contribution in [0.2, 0.25) is 0 Å². The fourth-order valence-corrected chi connectivity index (χ4v) is 2.21. The number of nitrogens with one attached hydrogen (secondary N) is 1. The maximum atomic E-state index is 12.0. The summed E-state index contributed by atoms with van der Waals surface area (Å²) < 4.78 is 6.92. The zero-order valence-electron chi connectivity index (χ0n) is 14.2. The van der Waals surface area contributed by atoms with Crippen LogP contribution >= 0.6 is 0 Å². The predicted octanol–water partition coefficient (Wildman–Crippen LogP) is -1.54. The molecule has 2 aromatic heterocycles. The second kappa shape index (κ2) is 9.55. The molecule has 0 aliphatic rings. The summed E-state index contributed by atoms with van der Waals surface area (Å²) in [4.78, 5) is 31.0. The van der Waals surface area contributed by atoms with Gasteiger partial charge in [-0.25, -0.2) is 19.4 Å². The first-order chi connectivity index (χ1) is 12.5. The zero-order chi connectivity index (χ0) is 18.9. The highest BCUT2D eigenvalue weighted by atomic mass is 16.5. The lowest BCUT2D eigenvalue weighted by Gasteiger charge is -2.29. The van der Waals surface area contributed by atoms with Gasteiger partial charge < -0.3 is 15.2 Å². The number of amides is 1. The molecular formula is C13H21N9O4. The maximum Gasteiger partial charge on any atom is 0.343 e. The number of ether oxygens (including phenoxy) is 1. The van der Waals surface area contributed by atoms with Crippen molar-refractivity contribution in [1.82, 2.24) is 39.9 Å². The molecule has 4 N–H and O–H groups in total. The minimum atomic E-state index is -1.37. The van der Waals surface area contributed by atoms with Crippen molar-refractivity contribution in [3.8, 4) is 0 Å². The van der Waals surface area contributed by atoms with E-state index >= 15 is 0 Å². The molecule has 0 aliphatic heterocycles. The topological polar surface area (TPSA) is 166 Å². The standard InChI is InChI=1S/C13H21N9O4/c1-26-11(23)10(22(14)13(25)21-9-16-7-19-21)4-2-3-5-17-12(24)20-8-15-6-18-20/h6-10,13,25H,2-5,14H2,1H3,(H,17,24)/t10?,13-/m0/s1. The number of carbonyl (C=O) groups is 2. The van der Waals surface area contributed by atoms with Crippen LogP contribution in [0, 0.1) is 0 Å². The van der Waals surface area contributed by atoms with Crippen molar-refractivity contribution in [3.63, 3.8) is 0 Å². The summed E-state index contributed by atoms with van der Waals surface area (Å²) >= 11 is 0. The minimum Gasteiger partial charge on any atom is -0.468 e. The first kappa shape index (κ1) is 19.4. The highest BCUT2D eigenvalue weighted by Crippen LogP contribution is 2.14. The number of esters is 1. The quantitative estimate of drug-likeness (QED) is 0.155. The van der Waals surface area contributed by atoms with Gasteiger partial charge in [0.25, 0.3) is 0 Å². The highest BCUT2D eigenvalue weighted by molar-refractivity contribution is 5.75. The van der Waals surface area contributed by atoms with Crippen LogP contribution in [0.1, 0.15) is 25.6 Å². The van der Waals surface area contributed by atoms with E-state index in [9.17, 15) is 14.7 Å². The lowest BCUT2D eigenvalue weighted by Crippen LogP contribution is -2.50. The Hall–Kier alpha value is -2.90. The molecule has 0 bridgehead atoms. The fourth-order valence-electron chi connectivity index (χ4n) is 2.21. The smallest absolute Gasteiger partial charge is 0.343 e. The average Bonchev–Trinajstić information content (AvgIpc) is 3.36. The Morgan fingerprint density at radius 1 is 1.27 bits per heavy atom. The van der Waals surface area contributed by atoms with Crippen LogP contribution in [0.15, 0.2) is 25.3 Å². The van der Waals surface area contributed by atoms with Gasteiger partial charge in [-0.3, -0.25) is 10.6 Å². The maximum absolute atomic E-state index is 12.0. The summed E-state index contributed by atoms with van der Waals surface area (Å²) in [7, 11) is 1.24. The van der Waals surface area contributed by atoms with Gasteiger partial charge in [-0.15, -0.1) is 0 Å². The molecule has 142 valence electrons. The molecule has 2 rings (SSSR count). The molecule has 0 aliphatic carbocycles. The molecule has 2 heterocycles. The van der Waals surface area contributed by atoms with E-state index in [0.29, 0.717) is 25.8 Å². The van der Waals surface area contributed by atoms with Crippen molar-refractivity contribution in [3.05, 3.63) is 25.3 Å². The largest absolute Gasteiger partial charge is 0.468 e. The van der Waals surface area contributed by atoms with E-state index < -0.39 is 24.4 Å². The van der Waals surface area contributed by atoms with Gasteiger partial charge in [-0.2, -0.15) is 19.9 Å². The van der Waals surface area contributed by atoms with Crippen LogP contribution in [-0.2, 0) is 9.53 Å². The van der Waals surface area contributed by atoms with Crippen molar-refractivity contribution >= 4 is 12.0 Å². The Bertz CT molecular complexity index is 676. The summed E-state index contributed by atoms with van der Waals surface area (Å²) in [6.07, 6.45) is 5.15. The Balaban J connectivity index is 1.80. The fraction of sp³-hybridized carbons (Fsp3) is 0.538. The van der Waals surface area contributed by atoms with Crippen molar-refractivity contribution in [2.75, 3.05) is 13.7 Å². The highest BCUT2D eigenvalue weighted by Gasteiger charge is 2.30. The monoisotopic (exact) mass is 367 g/mol.